The lowest BCUT2D eigenvalue weighted by Gasteiger charge is -2.11. The number of rotatable bonds is 4. The summed E-state index contributed by atoms with van der Waals surface area (Å²) in [7, 11) is 1.66. The number of hydrogen-bond donors (Lipinski definition) is 1. The van der Waals surface area contributed by atoms with Crippen LogP contribution in [0, 0.1) is 19.8 Å². The lowest BCUT2D eigenvalue weighted by Crippen LogP contribution is -2.16. The maximum absolute atomic E-state index is 6.07. The van der Waals surface area contributed by atoms with E-state index in [0.717, 1.165) is 11.3 Å². The van der Waals surface area contributed by atoms with Crippen LogP contribution in [0.25, 0.3) is 11.3 Å². The van der Waals surface area contributed by atoms with Crippen LogP contribution in [-0.4, -0.2) is 12.1 Å². The van der Waals surface area contributed by atoms with E-state index in [1.165, 1.54) is 11.1 Å². The molecule has 1 heterocycles. The lowest BCUT2D eigenvalue weighted by molar-refractivity contribution is 0.389. The van der Waals surface area contributed by atoms with Gasteiger partial charge in [0.25, 0.3) is 0 Å². The SMILES string of the molecule is COc1cc(C)c(C)cc1-c1cnc(C(N)C(C)C)o1. The quantitative estimate of drug-likeness (QED) is 0.925. The number of hydrogen-bond acceptors (Lipinski definition) is 4. The zero-order valence-corrected chi connectivity index (χ0v) is 12.7. The van der Waals surface area contributed by atoms with Gasteiger partial charge in [-0.15, -0.1) is 0 Å². The summed E-state index contributed by atoms with van der Waals surface area (Å²) >= 11 is 0. The van der Waals surface area contributed by atoms with Gasteiger partial charge in [0.2, 0.25) is 5.89 Å². The minimum atomic E-state index is -0.193. The summed E-state index contributed by atoms with van der Waals surface area (Å²) in [6.45, 7) is 8.22. The largest absolute Gasteiger partial charge is 0.496 e. The Balaban J connectivity index is 2.44. The topological polar surface area (TPSA) is 61.3 Å². The Morgan fingerprint density at radius 3 is 2.45 bits per heavy atom. The number of methoxy groups -OCH3 is 1. The maximum atomic E-state index is 6.07. The van der Waals surface area contributed by atoms with Crippen LogP contribution in [-0.2, 0) is 0 Å². The molecule has 0 aliphatic rings. The molecule has 1 atom stereocenters. The molecular weight excluding hydrogens is 252 g/mol. The molecule has 4 nitrogen and oxygen atoms in total. The fraction of sp³-hybridized carbons (Fsp3) is 0.438. The van der Waals surface area contributed by atoms with Gasteiger partial charge in [0, 0.05) is 0 Å². The smallest absolute Gasteiger partial charge is 0.212 e. The Morgan fingerprint density at radius 2 is 1.85 bits per heavy atom. The number of ether oxygens (including phenoxy) is 1. The second-order valence-electron chi connectivity index (χ2n) is 5.47. The predicted molar refractivity (Wildman–Crippen MR) is 79.7 cm³/mol. The number of nitrogens with zero attached hydrogens (tertiary/aromatic N) is 1. The van der Waals surface area contributed by atoms with Crippen molar-refractivity contribution in [3.8, 4) is 17.1 Å². The van der Waals surface area contributed by atoms with E-state index in [0.29, 0.717) is 11.7 Å². The number of benzene rings is 1. The second-order valence-corrected chi connectivity index (χ2v) is 5.47. The highest BCUT2D eigenvalue weighted by Crippen LogP contribution is 2.34. The van der Waals surface area contributed by atoms with Gasteiger partial charge in [-0.05, 0) is 43.0 Å². The van der Waals surface area contributed by atoms with Crippen LogP contribution in [0.2, 0.25) is 0 Å². The number of nitrogens with two attached hydrogens (primary N) is 1. The van der Waals surface area contributed by atoms with E-state index >= 15 is 0 Å². The van der Waals surface area contributed by atoms with Crippen LogP contribution in [0.3, 0.4) is 0 Å². The van der Waals surface area contributed by atoms with Crippen LogP contribution in [0.4, 0.5) is 0 Å². The molecule has 0 spiro atoms. The molecule has 2 rings (SSSR count). The Bertz CT molecular complexity index is 603. The first kappa shape index (κ1) is 14.6. The first-order chi connectivity index (χ1) is 9.43. The van der Waals surface area contributed by atoms with E-state index in [4.69, 9.17) is 14.9 Å². The highest BCUT2D eigenvalue weighted by atomic mass is 16.5. The molecule has 0 aliphatic heterocycles. The molecule has 2 aromatic rings. The minimum absolute atomic E-state index is 0.193. The van der Waals surface area contributed by atoms with Crippen molar-refractivity contribution in [2.75, 3.05) is 7.11 Å². The second kappa shape index (κ2) is 5.67. The molecule has 4 heteroatoms. The summed E-state index contributed by atoms with van der Waals surface area (Å²) in [4.78, 5) is 4.29. The van der Waals surface area contributed by atoms with Crippen molar-refractivity contribution >= 4 is 0 Å². The van der Waals surface area contributed by atoms with Crippen LogP contribution < -0.4 is 10.5 Å². The van der Waals surface area contributed by atoms with Crippen molar-refractivity contribution in [1.82, 2.24) is 4.98 Å². The summed E-state index contributed by atoms with van der Waals surface area (Å²) in [5, 5.41) is 0. The molecule has 2 N–H and O–H groups in total. The monoisotopic (exact) mass is 274 g/mol. The van der Waals surface area contributed by atoms with Gasteiger partial charge < -0.3 is 14.9 Å². The third kappa shape index (κ3) is 2.70. The van der Waals surface area contributed by atoms with Gasteiger partial charge in [-0.25, -0.2) is 4.98 Å². The third-order valence-electron chi connectivity index (χ3n) is 3.61. The van der Waals surface area contributed by atoms with Gasteiger partial charge in [-0.1, -0.05) is 13.8 Å². The fourth-order valence-corrected chi connectivity index (χ4v) is 2.00. The zero-order valence-electron chi connectivity index (χ0n) is 12.7. The first-order valence-electron chi connectivity index (χ1n) is 6.81. The van der Waals surface area contributed by atoms with Gasteiger partial charge >= 0.3 is 0 Å². The van der Waals surface area contributed by atoms with E-state index < -0.39 is 0 Å². The van der Waals surface area contributed by atoms with Crippen LogP contribution in [0.5, 0.6) is 5.75 Å². The van der Waals surface area contributed by atoms with Gasteiger partial charge in [0.15, 0.2) is 5.76 Å². The van der Waals surface area contributed by atoms with Gasteiger partial charge in [-0.2, -0.15) is 0 Å². The van der Waals surface area contributed by atoms with Gasteiger partial charge in [0.05, 0.1) is 24.9 Å². The molecule has 1 aromatic carbocycles. The summed E-state index contributed by atoms with van der Waals surface area (Å²) in [5.41, 5.74) is 9.35. The summed E-state index contributed by atoms with van der Waals surface area (Å²) in [6.07, 6.45) is 1.71. The van der Waals surface area contributed by atoms with Crippen molar-refractivity contribution in [3.05, 3.63) is 35.3 Å². The predicted octanol–water partition coefficient (Wildman–Crippen LogP) is 3.62. The molecule has 0 aliphatic carbocycles. The molecule has 0 amide bonds. The minimum Gasteiger partial charge on any atom is -0.496 e. The van der Waals surface area contributed by atoms with E-state index in [1.54, 1.807) is 13.3 Å². The molecule has 1 aromatic heterocycles. The van der Waals surface area contributed by atoms with E-state index in [-0.39, 0.29) is 12.0 Å². The number of aromatic nitrogens is 1. The van der Waals surface area contributed by atoms with Crippen molar-refractivity contribution in [2.24, 2.45) is 11.7 Å². The van der Waals surface area contributed by atoms with Crippen molar-refractivity contribution in [2.45, 2.75) is 33.7 Å². The third-order valence-corrected chi connectivity index (χ3v) is 3.61. The van der Waals surface area contributed by atoms with Crippen LogP contribution in [0.15, 0.2) is 22.7 Å². The van der Waals surface area contributed by atoms with Gasteiger partial charge in [0.1, 0.15) is 5.75 Å². The standard InChI is InChI=1S/C16H22N2O2/c1-9(2)15(17)16-18-8-14(20-16)12-6-10(3)11(4)7-13(12)19-5/h6-9,15H,17H2,1-5H3. The highest BCUT2D eigenvalue weighted by Gasteiger charge is 2.19. The molecule has 0 saturated carbocycles. The highest BCUT2D eigenvalue weighted by molar-refractivity contribution is 5.67. The van der Waals surface area contributed by atoms with Crippen molar-refractivity contribution in [1.29, 1.82) is 0 Å². The number of aryl methyl sites for hydroxylation is 2. The molecular formula is C16H22N2O2. The van der Waals surface area contributed by atoms with E-state index in [9.17, 15) is 0 Å². The summed E-state index contributed by atoms with van der Waals surface area (Å²) in [6, 6.07) is 3.87. The average molecular weight is 274 g/mol. The molecule has 108 valence electrons. The molecule has 0 bridgehead atoms. The molecule has 0 saturated heterocycles. The summed E-state index contributed by atoms with van der Waals surface area (Å²) in [5.74, 6) is 2.32. The van der Waals surface area contributed by atoms with Crippen molar-refractivity contribution in [3.63, 3.8) is 0 Å². The Kier molecular flexibility index (Phi) is 4.14. The molecule has 0 fully saturated rings. The normalized spacial score (nSPS) is 12.8. The average Bonchev–Trinajstić information content (AvgIpc) is 2.89. The summed E-state index contributed by atoms with van der Waals surface area (Å²) < 4.78 is 11.2. The Hall–Kier alpha value is -1.81. The molecule has 20 heavy (non-hydrogen) atoms. The fourth-order valence-electron chi connectivity index (χ4n) is 2.00. The number of oxazole rings is 1. The lowest BCUT2D eigenvalue weighted by atomic mass is 10.0. The maximum Gasteiger partial charge on any atom is 0.212 e. The van der Waals surface area contributed by atoms with Gasteiger partial charge in [-0.3, -0.25) is 0 Å². The van der Waals surface area contributed by atoms with E-state index in [2.05, 4.69) is 24.9 Å². The van der Waals surface area contributed by atoms with Crippen LogP contribution >= 0.6 is 0 Å². The first-order valence-corrected chi connectivity index (χ1v) is 6.81. The Labute approximate surface area is 120 Å². The van der Waals surface area contributed by atoms with Crippen molar-refractivity contribution < 1.29 is 9.15 Å². The van der Waals surface area contributed by atoms with E-state index in [1.807, 2.05) is 19.9 Å². The Morgan fingerprint density at radius 1 is 1.20 bits per heavy atom. The van der Waals surface area contributed by atoms with Crippen LogP contribution in [0.1, 0.15) is 36.9 Å². The molecule has 0 radical (unpaired) electrons. The molecule has 1 unspecified atom stereocenters. The zero-order chi connectivity index (χ0) is 14.9.